The highest BCUT2D eigenvalue weighted by Crippen LogP contribution is 2.40. The first-order chi connectivity index (χ1) is 5.83. The molecule has 0 amide bonds. The Morgan fingerprint density at radius 1 is 1.58 bits per heavy atom. The molecule has 64 valence electrons. The van der Waals surface area contributed by atoms with E-state index in [0.717, 1.165) is 6.42 Å². The lowest BCUT2D eigenvalue weighted by Crippen LogP contribution is -1.92. The lowest BCUT2D eigenvalue weighted by Gasteiger charge is -1.97. The normalized spacial score (nSPS) is 28.6. The largest absolute Gasteiger partial charge is 0.424 e. The Balaban J connectivity index is 2.46. The van der Waals surface area contributed by atoms with Gasteiger partial charge in [0.25, 0.3) is 6.26 Å². The van der Waals surface area contributed by atoms with Crippen LogP contribution in [0.15, 0.2) is 23.8 Å². The van der Waals surface area contributed by atoms with Crippen molar-refractivity contribution >= 4 is 0 Å². The molecule has 2 heteroatoms. The summed E-state index contributed by atoms with van der Waals surface area (Å²) in [7, 11) is 0. The minimum absolute atomic E-state index is 0.136. The highest BCUT2D eigenvalue weighted by Gasteiger charge is 2.41. The monoisotopic (exact) mass is 163 g/mol. The number of rotatable bonds is 3. The number of nitrogens with zero attached hydrogens (tertiary/aromatic N) is 1. The average Bonchev–Trinajstić information content (AvgIpc) is 2.81. The van der Waals surface area contributed by atoms with Crippen molar-refractivity contribution in [2.75, 3.05) is 0 Å². The Bertz CT molecular complexity index is 247. The maximum atomic E-state index is 8.27. The first kappa shape index (κ1) is 8.86. The van der Waals surface area contributed by atoms with Gasteiger partial charge in [-0.2, -0.15) is 5.26 Å². The lowest BCUT2D eigenvalue weighted by molar-refractivity contribution is 0.244. The van der Waals surface area contributed by atoms with Crippen molar-refractivity contribution < 1.29 is 4.74 Å². The van der Waals surface area contributed by atoms with Crippen molar-refractivity contribution in [2.45, 2.75) is 26.4 Å². The van der Waals surface area contributed by atoms with Gasteiger partial charge in [-0.1, -0.05) is 18.2 Å². The maximum absolute atomic E-state index is 8.27. The fourth-order valence-corrected chi connectivity index (χ4v) is 1.35. The first-order valence-electron chi connectivity index (χ1n) is 4.17. The van der Waals surface area contributed by atoms with Crippen molar-refractivity contribution in [1.29, 1.82) is 5.26 Å². The van der Waals surface area contributed by atoms with Gasteiger partial charge in [0.1, 0.15) is 6.10 Å². The van der Waals surface area contributed by atoms with E-state index in [1.807, 2.05) is 19.9 Å². The second-order valence-electron chi connectivity index (χ2n) is 2.88. The summed E-state index contributed by atoms with van der Waals surface area (Å²) in [5, 5.41) is 8.27. The van der Waals surface area contributed by atoms with Gasteiger partial charge in [-0.25, -0.2) is 0 Å². The second-order valence-corrected chi connectivity index (χ2v) is 2.88. The molecule has 1 saturated carbocycles. The van der Waals surface area contributed by atoms with E-state index >= 15 is 0 Å². The molecular formula is C10H13NO. The molecule has 0 heterocycles. The van der Waals surface area contributed by atoms with Crippen molar-refractivity contribution in [3.8, 4) is 6.26 Å². The van der Waals surface area contributed by atoms with Gasteiger partial charge in [0, 0.05) is 5.92 Å². The Hall–Kier alpha value is -1.23. The van der Waals surface area contributed by atoms with Gasteiger partial charge in [-0.05, 0) is 25.8 Å². The summed E-state index contributed by atoms with van der Waals surface area (Å²) in [5.74, 6) is 0.450. The highest BCUT2D eigenvalue weighted by atomic mass is 16.5. The van der Waals surface area contributed by atoms with Crippen molar-refractivity contribution in [2.24, 2.45) is 5.92 Å². The van der Waals surface area contributed by atoms with Crippen LogP contribution < -0.4 is 0 Å². The zero-order chi connectivity index (χ0) is 8.97. The predicted octanol–water partition coefficient (Wildman–Crippen LogP) is 2.39. The molecule has 2 unspecified atom stereocenters. The Morgan fingerprint density at radius 3 is 2.83 bits per heavy atom. The van der Waals surface area contributed by atoms with E-state index in [1.165, 1.54) is 5.57 Å². The molecule has 0 aromatic carbocycles. The third-order valence-corrected chi connectivity index (χ3v) is 2.06. The molecule has 0 bridgehead atoms. The fourth-order valence-electron chi connectivity index (χ4n) is 1.35. The van der Waals surface area contributed by atoms with Gasteiger partial charge in [-0.15, -0.1) is 0 Å². The quantitative estimate of drug-likeness (QED) is 0.472. The topological polar surface area (TPSA) is 33.0 Å². The third kappa shape index (κ3) is 1.88. The summed E-state index contributed by atoms with van der Waals surface area (Å²) in [6.07, 6.45) is 9.01. The summed E-state index contributed by atoms with van der Waals surface area (Å²) in [6, 6.07) is 0. The van der Waals surface area contributed by atoms with E-state index in [9.17, 15) is 0 Å². The van der Waals surface area contributed by atoms with Crippen LogP contribution >= 0.6 is 0 Å². The molecule has 1 aliphatic carbocycles. The zero-order valence-electron chi connectivity index (χ0n) is 7.45. The number of ether oxygens (including phenoxy) is 1. The van der Waals surface area contributed by atoms with Gasteiger partial charge in [0.2, 0.25) is 0 Å². The molecule has 0 radical (unpaired) electrons. The Morgan fingerprint density at radius 2 is 2.33 bits per heavy atom. The zero-order valence-corrected chi connectivity index (χ0v) is 7.45. The van der Waals surface area contributed by atoms with E-state index in [2.05, 4.69) is 12.2 Å². The second kappa shape index (κ2) is 3.96. The van der Waals surface area contributed by atoms with E-state index in [0.29, 0.717) is 5.92 Å². The van der Waals surface area contributed by atoms with Gasteiger partial charge in [-0.3, -0.25) is 0 Å². The van der Waals surface area contributed by atoms with Crippen LogP contribution in [-0.2, 0) is 4.74 Å². The molecular weight excluding hydrogens is 150 g/mol. The summed E-state index contributed by atoms with van der Waals surface area (Å²) < 4.78 is 4.83. The molecule has 0 aliphatic heterocycles. The third-order valence-electron chi connectivity index (χ3n) is 2.06. The number of hydrogen-bond acceptors (Lipinski definition) is 2. The van der Waals surface area contributed by atoms with E-state index in [1.54, 1.807) is 6.26 Å². The molecule has 1 aliphatic rings. The summed E-state index contributed by atoms with van der Waals surface area (Å²) >= 11 is 0. The summed E-state index contributed by atoms with van der Waals surface area (Å²) in [4.78, 5) is 0. The average molecular weight is 163 g/mol. The molecule has 0 spiro atoms. The Labute approximate surface area is 73.1 Å². The standard InChI is InChI=1S/C10H13NO/c1-3-5-8(4-2)9-6-10(9)12-7-11/h3-5,9-10H,6H2,1-2H3/b5-3-,8-4+. The maximum Gasteiger partial charge on any atom is 0.286 e. The first-order valence-corrected chi connectivity index (χ1v) is 4.17. The minimum Gasteiger partial charge on any atom is -0.424 e. The van der Waals surface area contributed by atoms with Crippen LogP contribution in [0, 0.1) is 17.4 Å². The molecule has 0 saturated heterocycles. The van der Waals surface area contributed by atoms with Crippen molar-refractivity contribution in [3.05, 3.63) is 23.8 Å². The molecule has 0 aromatic heterocycles. The van der Waals surface area contributed by atoms with Crippen LogP contribution in [0.1, 0.15) is 20.3 Å². The molecule has 2 atom stereocenters. The van der Waals surface area contributed by atoms with Gasteiger partial charge >= 0.3 is 0 Å². The molecule has 1 fully saturated rings. The van der Waals surface area contributed by atoms with E-state index < -0.39 is 0 Å². The van der Waals surface area contributed by atoms with Gasteiger partial charge in [0.15, 0.2) is 0 Å². The number of hydrogen-bond donors (Lipinski definition) is 0. The number of allylic oxidation sites excluding steroid dienone is 3. The minimum atomic E-state index is 0.136. The van der Waals surface area contributed by atoms with Crippen LogP contribution in [-0.4, -0.2) is 6.10 Å². The van der Waals surface area contributed by atoms with Gasteiger partial charge < -0.3 is 4.74 Å². The predicted molar refractivity (Wildman–Crippen MR) is 47.2 cm³/mol. The molecule has 12 heavy (non-hydrogen) atoms. The Kier molecular flexibility index (Phi) is 2.93. The van der Waals surface area contributed by atoms with Crippen LogP contribution in [0.5, 0.6) is 0 Å². The van der Waals surface area contributed by atoms with Crippen molar-refractivity contribution in [3.63, 3.8) is 0 Å². The van der Waals surface area contributed by atoms with Crippen LogP contribution in [0.25, 0.3) is 0 Å². The molecule has 1 rings (SSSR count). The smallest absolute Gasteiger partial charge is 0.286 e. The molecule has 2 nitrogen and oxygen atoms in total. The van der Waals surface area contributed by atoms with Crippen LogP contribution in [0.4, 0.5) is 0 Å². The van der Waals surface area contributed by atoms with Crippen LogP contribution in [0.3, 0.4) is 0 Å². The lowest BCUT2D eigenvalue weighted by atomic mass is 10.1. The van der Waals surface area contributed by atoms with Gasteiger partial charge in [0.05, 0.1) is 0 Å². The fraction of sp³-hybridized carbons (Fsp3) is 0.500. The highest BCUT2D eigenvalue weighted by molar-refractivity contribution is 5.27. The summed E-state index contributed by atoms with van der Waals surface area (Å²) in [6.45, 7) is 4.00. The molecule has 0 N–H and O–H groups in total. The SMILES string of the molecule is C/C=C\C(=C/C)C1CC1OC#N. The van der Waals surface area contributed by atoms with Crippen molar-refractivity contribution in [1.82, 2.24) is 0 Å². The van der Waals surface area contributed by atoms with Crippen LogP contribution in [0.2, 0.25) is 0 Å². The van der Waals surface area contributed by atoms with E-state index in [-0.39, 0.29) is 6.10 Å². The number of nitriles is 1. The summed E-state index contributed by atoms with van der Waals surface area (Å²) in [5.41, 5.74) is 1.28. The van der Waals surface area contributed by atoms with E-state index in [4.69, 9.17) is 10.00 Å². The molecule has 0 aromatic rings.